The van der Waals surface area contributed by atoms with E-state index < -0.39 is 22.7 Å². The van der Waals surface area contributed by atoms with Gasteiger partial charge in [-0.25, -0.2) is 0 Å². The summed E-state index contributed by atoms with van der Waals surface area (Å²) >= 11 is -6.02. The van der Waals surface area contributed by atoms with Gasteiger partial charge >= 0.3 is 50.5 Å². The first-order valence-electron chi connectivity index (χ1n) is 1.57. The predicted molar refractivity (Wildman–Crippen MR) is 18.0 cm³/mol. The van der Waals surface area contributed by atoms with E-state index in [2.05, 4.69) is 0 Å². The fourth-order valence-electron chi connectivity index (χ4n) is 0. The maximum absolute atomic E-state index is 8.89. The average Bonchev–Trinajstić information content (AvgIpc) is 1.19. The summed E-state index contributed by atoms with van der Waals surface area (Å²) in [5.41, 5.74) is 0. The van der Waals surface area contributed by atoms with Crippen LogP contribution in [0.2, 0.25) is 0 Å². The first kappa shape index (κ1) is 22.5. The molecule has 0 aliphatic heterocycles. The van der Waals surface area contributed by atoms with Crippen LogP contribution in [0.4, 0.5) is 0 Å². The summed E-state index contributed by atoms with van der Waals surface area (Å²) in [6.45, 7) is 0.972. The maximum Gasteiger partial charge on any atom is 2.00 e. The molecule has 4 N–H and O–H groups in total. The normalized spacial score (nSPS) is 7.55. The van der Waals surface area contributed by atoms with Crippen molar-refractivity contribution in [2.45, 2.75) is 6.92 Å². The van der Waals surface area contributed by atoms with Crippen LogP contribution in [0, 0.1) is 0 Å². The number of hydrogen-bond donors (Lipinski definition) is 1. The van der Waals surface area contributed by atoms with Crippen LogP contribution in [-0.4, -0.2) is 5.97 Å². The van der Waals surface area contributed by atoms with Crippen molar-refractivity contribution < 1.29 is 60.4 Å². The molecule has 11 heavy (non-hydrogen) atoms. The van der Waals surface area contributed by atoms with Crippen LogP contribution in [0.25, 0.3) is 0 Å². The summed E-state index contributed by atoms with van der Waals surface area (Å²) in [6.07, 6.45) is 0. The largest absolute Gasteiger partial charge is 2.00 e. The molecular weight excluding hydrogens is 295 g/mol. The number of aliphatic carboxylic acids is 1. The van der Waals surface area contributed by atoms with Crippen molar-refractivity contribution in [3.63, 3.8) is 0 Å². The smallest absolute Gasteiger partial charge is 2.00 e. The van der Waals surface area contributed by atoms with E-state index in [0.29, 0.717) is 0 Å². The van der Waals surface area contributed by atoms with Crippen LogP contribution in [0.5, 0.6) is 0 Å². The number of carboxylic acid groups (broad SMARTS) is 1. The van der Waals surface area contributed by atoms with Gasteiger partial charge in [0.1, 0.15) is 0 Å². The van der Waals surface area contributed by atoms with Crippen molar-refractivity contribution in [2.24, 2.45) is 0 Å². The zero-order valence-corrected chi connectivity index (χ0v) is 11.0. The molecule has 0 aromatic carbocycles. The molecule has 0 heterocycles. The number of quaternary nitrogens is 1. The summed E-state index contributed by atoms with van der Waals surface area (Å²) < 4.78 is 34.5. The van der Waals surface area contributed by atoms with Crippen LogP contribution in [0.15, 0.2) is 0 Å². The Bertz CT molecular complexity index is 163. The monoisotopic (exact) mass is 303 g/mol. The molecular formula is C2H7MoNO6Zn. The zero-order valence-electron chi connectivity index (χ0n) is 6.06. The molecule has 0 aliphatic carbocycles. The summed E-state index contributed by atoms with van der Waals surface area (Å²) in [5.74, 6) is -1.08. The Morgan fingerprint density at radius 2 is 1.27 bits per heavy atom. The molecule has 9 heteroatoms. The number of carboxylic acids is 1. The van der Waals surface area contributed by atoms with E-state index in [1.807, 2.05) is 0 Å². The van der Waals surface area contributed by atoms with Gasteiger partial charge < -0.3 is 16.1 Å². The van der Waals surface area contributed by atoms with Crippen LogP contribution >= 0.6 is 0 Å². The fraction of sp³-hybridized carbons (Fsp3) is 0.500. The molecule has 0 spiro atoms. The van der Waals surface area contributed by atoms with E-state index in [9.17, 15) is 0 Å². The SMILES string of the molecule is CC(=O)[O-].[NH4+].[O]=[Mo](=[O])([O-])[O-].[Zn+2]. The molecule has 0 bridgehead atoms. The van der Waals surface area contributed by atoms with Gasteiger partial charge in [-0.2, -0.15) is 0 Å². The third-order valence-electron chi connectivity index (χ3n) is 0. The second kappa shape index (κ2) is 10.3. The third-order valence-corrected chi connectivity index (χ3v) is 0. The van der Waals surface area contributed by atoms with Gasteiger partial charge in [0.25, 0.3) is 0 Å². The molecule has 0 saturated heterocycles. The molecule has 0 unspecified atom stereocenters. The molecule has 64 valence electrons. The van der Waals surface area contributed by atoms with E-state index in [4.69, 9.17) is 24.2 Å². The van der Waals surface area contributed by atoms with Gasteiger partial charge in [-0.3, -0.25) is 0 Å². The van der Waals surface area contributed by atoms with Gasteiger partial charge in [0.15, 0.2) is 0 Å². The van der Waals surface area contributed by atoms with Crippen LogP contribution in [0.1, 0.15) is 6.92 Å². The molecule has 0 amide bonds. The molecule has 7 nitrogen and oxygen atoms in total. The fourth-order valence-corrected chi connectivity index (χ4v) is 0. The van der Waals surface area contributed by atoms with Gasteiger partial charge in [-0.1, -0.05) is 0 Å². The zero-order chi connectivity index (χ0) is 8.08. The minimum Gasteiger partial charge on any atom is 2.00 e. The third kappa shape index (κ3) is 10200. The van der Waals surface area contributed by atoms with Crippen molar-refractivity contribution in [2.75, 3.05) is 0 Å². The Labute approximate surface area is 79.5 Å². The Balaban J connectivity index is -0.0000000383. The maximum atomic E-state index is 8.89. The number of carbonyl (C=O) groups excluding carboxylic acids is 1. The Hall–Kier alpha value is 0.262. The van der Waals surface area contributed by atoms with E-state index in [1.165, 1.54) is 0 Å². The predicted octanol–water partition coefficient (Wildman–Crippen LogP) is -3.49. The van der Waals surface area contributed by atoms with Crippen molar-refractivity contribution in [1.29, 1.82) is 0 Å². The van der Waals surface area contributed by atoms with Gasteiger partial charge in [-0.15, -0.1) is 0 Å². The van der Waals surface area contributed by atoms with Crippen LogP contribution < -0.4 is 18.8 Å². The van der Waals surface area contributed by atoms with Crippen LogP contribution in [0.3, 0.4) is 0 Å². The first-order chi connectivity index (χ1) is 3.73. The average molecular weight is 302 g/mol. The molecule has 0 saturated carbocycles. The van der Waals surface area contributed by atoms with Gasteiger partial charge in [-0.05, 0) is 6.92 Å². The Morgan fingerprint density at radius 3 is 1.27 bits per heavy atom. The van der Waals surface area contributed by atoms with Crippen LogP contribution in [-0.2, 0) is 47.8 Å². The van der Waals surface area contributed by atoms with Gasteiger partial charge in [0, 0.05) is 5.97 Å². The summed E-state index contributed by atoms with van der Waals surface area (Å²) in [6, 6.07) is 0. The van der Waals surface area contributed by atoms with Crippen molar-refractivity contribution in [3.8, 4) is 0 Å². The van der Waals surface area contributed by atoms with Gasteiger partial charge in [0.2, 0.25) is 0 Å². The minimum absolute atomic E-state index is 0. The van der Waals surface area contributed by atoms with Crippen molar-refractivity contribution in [3.05, 3.63) is 0 Å². The van der Waals surface area contributed by atoms with E-state index >= 15 is 0 Å². The molecule has 0 fully saturated rings. The van der Waals surface area contributed by atoms with E-state index in [1.54, 1.807) is 0 Å². The molecule has 0 radical (unpaired) electrons. The topological polar surface area (TPSA) is 157 Å². The first-order valence-corrected chi connectivity index (χ1v) is 4.85. The molecule has 0 rings (SSSR count). The van der Waals surface area contributed by atoms with Gasteiger partial charge in [0.05, 0.1) is 0 Å². The van der Waals surface area contributed by atoms with Crippen molar-refractivity contribution in [1.82, 2.24) is 6.15 Å². The van der Waals surface area contributed by atoms with E-state index in [-0.39, 0.29) is 25.6 Å². The number of hydrogen-bond acceptors (Lipinski definition) is 6. The number of carbonyl (C=O) groups is 1. The second-order valence-electron chi connectivity index (χ2n) is 0.900. The number of rotatable bonds is 0. The minimum atomic E-state index is -6.02. The van der Waals surface area contributed by atoms with E-state index in [0.717, 1.165) is 6.92 Å². The second-order valence-corrected chi connectivity index (χ2v) is 2.91. The molecule has 0 atom stereocenters. The Kier molecular flexibility index (Phi) is 21.0. The summed E-state index contributed by atoms with van der Waals surface area (Å²) in [5, 5.41) is 8.89. The molecule has 0 aliphatic rings. The summed E-state index contributed by atoms with van der Waals surface area (Å²) in [7, 11) is 0. The summed E-state index contributed by atoms with van der Waals surface area (Å²) in [4.78, 5) is 8.89. The Morgan fingerprint density at radius 1 is 1.27 bits per heavy atom. The molecule has 0 aromatic heterocycles. The standard InChI is InChI=1S/C2H4O2.Mo.H3N.4O.Zn/c1-2(3)4;;;;;;;/h1H3,(H,3,4);;1H3;;;;;/q;;;;;2*-1;+2. The molecule has 0 aromatic rings. The quantitative estimate of drug-likeness (QED) is 0.457. The van der Waals surface area contributed by atoms with Crippen molar-refractivity contribution >= 4 is 5.97 Å².